The van der Waals surface area contributed by atoms with Gasteiger partial charge in [0, 0.05) is 37.1 Å². The van der Waals surface area contributed by atoms with Gasteiger partial charge in [0.2, 0.25) is 5.95 Å². The Kier molecular flexibility index (Phi) is 5.33. The van der Waals surface area contributed by atoms with E-state index in [1.54, 1.807) is 50.9 Å². The normalized spacial score (nSPS) is 17.0. The Morgan fingerprint density at radius 3 is 2.68 bits per heavy atom. The van der Waals surface area contributed by atoms with Gasteiger partial charge in [0.25, 0.3) is 5.91 Å². The van der Waals surface area contributed by atoms with Gasteiger partial charge in [0.05, 0.1) is 14.2 Å². The van der Waals surface area contributed by atoms with Gasteiger partial charge in [-0.15, -0.1) is 0 Å². The van der Waals surface area contributed by atoms with E-state index in [1.807, 2.05) is 0 Å². The van der Waals surface area contributed by atoms with Gasteiger partial charge in [-0.25, -0.2) is 9.97 Å². The zero-order valence-corrected chi connectivity index (χ0v) is 14.4. The van der Waals surface area contributed by atoms with Crippen molar-refractivity contribution in [3.63, 3.8) is 0 Å². The standard InChI is InChI=1S/C18H22N4O3/c1-24-15-7-6-13(11-16(15)25-2)17(23)21-14-5-3-10-22(12-14)18-19-8-4-9-20-18/h4,6-9,11,14H,3,5,10,12H2,1-2H3,(H,21,23). The van der Waals surface area contributed by atoms with Crippen molar-refractivity contribution in [1.29, 1.82) is 0 Å². The lowest BCUT2D eigenvalue weighted by molar-refractivity contribution is 0.0932. The Hall–Kier alpha value is -2.83. The van der Waals surface area contributed by atoms with Crippen LogP contribution in [0.2, 0.25) is 0 Å². The smallest absolute Gasteiger partial charge is 0.251 e. The molecule has 7 nitrogen and oxygen atoms in total. The number of benzene rings is 1. The van der Waals surface area contributed by atoms with Crippen LogP contribution in [0.5, 0.6) is 11.5 Å². The van der Waals surface area contributed by atoms with Gasteiger partial charge < -0.3 is 19.7 Å². The molecule has 1 aromatic carbocycles. The summed E-state index contributed by atoms with van der Waals surface area (Å²) >= 11 is 0. The van der Waals surface area contributed by atoms with E-state index in [9.17, 15) is 4.79 Å². The number of carbonyl (C=O) groups is 1. The summed E-state index contributed by atoms with van der Waals surface area (Å²) in [4.78, 5) is 23.2. The van der Waals surface area contributed by atoms with Crippen LogP contribution in [0.4, 0.5) is 5.95 Å². The zero-order valence-electron chi connectivity index (χ0n) is 14.4. The topological polar surface area (TPSA) is 76.6 Å². The van der Waals surface area contributed by atoms with Crippen LogP contribution in [0, 0.1) is 0 Å². The lowest BCUT2D eigenvalue weighted by atomic mass is 10.1. The number of methoxy groups -OCH3 is 2. The molecule has 0 bridgehead atoms. The molecule has 1 unspecified atom stereocenters. The SMILES string of the molecule is COc1ccc(C(=O)NC2CCCN(c3ncccn3)C2)cc1OC. The highest BCUT2D eigenvalue weighted by Crippen LogP contribution is 2.27. The van der Waals surface area contributed by atoms with Gasteiger partial charge in [0.15, 0.2) is 11.5 Å². The van der Waals surface area contributed by atoms with E-state index < -0.39 is 0 Å². The molecule has 1 amide bonds. The van der Waals surface area contributed by atoms with E-state index in [2.05, 4.69) is 20.2 Å². The largest absolute Gasteiger partial charge is 0.493 e. The third-order valence-corrected chi connectivity index (χ3v) is 4.24. The van der Waals surface area contributed by atoms with Crippen molar-refractivity contribution in [2.24, 2.45) is 0 Å². The molecule has 1 aromatic heterocycles. The molecule has 1 saturated heterocycles. The number of nitrogens with one attached hydrogen (secondary N) is 1. The number of ether oxygens (including phenoxy) is 2. The van der Waals surface area contributed by atoms with E-state index >= 15 is 0 Å². The van der Waals surface area contributed by atoms with Crippen molar-refractivity contribution in [3.8, 4) is 11.5 Å². The summed E-state index contributed by atoms with van der Waals surface area (Å²) < 4.78 is 10.5. The second-order valence-corrected chi connectivity index (χ2v) is 5.88. The first kappa shape index (κ1) is 17.0. The summed E-state index contributed by atoms with van der Waals surface area (Å²) in [5.41, 5.74) is 0.547. The average Bonchev–Trinajstić information content (AvgIpc) is 2.68. The molecular weight excluding hydrogens is 320 g/mol. The fourth-order valence-electron chi connectivity index (χ4n) is 2.98. The first-order valence-corrected chi connectivity index (χ1v) is 8.26. The third kappa shape index (κ3) is 3.99. The van der Waals surface area contributed by atoms with Crippen LogP contribution >= 0.6 is 0 Å². The predicted molar refractivity (Wildman–Crippen MR) is 94.3 cm³/mol. The van der Waals surface area contributed by atoms with E-state index in [1.165, 1.54) is 0 Å². The Bertz CT molecular complexity index is 724. The molecule has 1 N–H and O–H groups in total. The molecular formula is C18H22N4O3. The Morgan fingerprint density at radius 2 is 1.96 bits per heavy atom. The van der Waals surface area contributed by atoms with Gasteiger partial charge in [-0.1, -0.05) is 0 Å². The molecule has 132 valence electrons. The lowest BCUT2D eigenvalue weighted by Crippen LogP contribution is -2.48. The van der Waals surface area contributed by atoms with Crippen molar-refractivity contribution in [1.82, 2.24) is 15.3 Å². The maximum absolute atomic E-state index is 12.6. The number of amides is 1. The quantitative estimate of drug-likeness (QED) is 0.894. The highest BCUT2D eigenvalue weighted by atomic mass is 16.5. The minimum Gasteiger partial charge on any atom is -0.493 e. The maximum Gasteiger partial charge on any atom is 0.251 e. The van der Waals surface area contributed by atoms with Crippen LogP contribution in [-0.2, 0) is 0 Å². The predicted octanol–water partition coefficient (Wildman–Crippen LogP) is 1.89. The zero-order chi connectivity index (χ0) is 17.6. The summed E-state index contributed by atoms with van der Waals surface area (Å²) in [6, 6.07) is 7.01. The molecule has 25 heavy (non-hydrogen) atoms. The van der Waals surface area contributed by atoms with Crippen LogP contribution in [0.3, 0.4) is 0 Å². The highest BCUT2D eigenvalue weighted by molar-refractivity contribution is 5.95. The van der Waals surface area contributed by atoms with E-state index in [0.717, 1.165) is 19.4 Å². The molecule has 7 heteroatoms. The third-order valence-electron chi connectivity index (χ3n) is 4.24. The maximum atomic E-state index is 12.6. The summed E-state index contributed by atoms with van der Waals surface area (Å²) in [7, 11) is 3.12. The van der Waals surface area contributed by atoms with Crippen LogP contribution in [-0.4, -0.2) is 49.2 Å². The van der Waals surface area contributed by atoms with Crippen LogP contribution in [0.1, 0.15) is 23.2 Å². The molecule has 0 spiro atoms. The summed E-state index contributed by atoms with van der Waals surface area (Å²) in [5.74, 6) is 1.72. The molecule has 0 aliphatic carbocycles. The molecule has 0 saturated carbocycles. The number of hydrogen-bond acceptors (Lipinski definition) is 6. The molecule has 3 rings (SSSR count). The number of nitrogens with zero attached hydrogens (tertiary/aromatic N) is 3. The minimum absolute atomic E-state index is 0.0538. The first-order valence-electron chi connectivity index (χ1n) is 8.26. The van der Waals surface area contributed by atoms with Crippen molar-refractivity contribution >= 4 is 11.9 Å². The number of hydrogen-bond donors (Lipinski definition) is 1. The summed E-state index contributed by atoms with van der Waals surface area (Å²) in [6.45, 7) is 1.59. The molecule has 1 fully saturated rings. The number of carbonyl (C=O) groups excluding carboxylic acids is 1. The highest BCUT2D eigenvalue weighted by Gasteiger charge is 2.23. The van der Waals surface area contributed by atoms with Gasteiger partial charge in [-0.2, -0.15) is 0 Å². The second-order valence-electron chi connectivity index (χ2n) is 5.88. The molecule has 1 aliphatic heterocycles. The molecule has 1 atom stereocenters. The van der Waals surface area contributed by atoms with Crippen molar-refractivity contribution < 1.29 is 14.3 Å². The van der Waals surface area contributed by atoms with Gasteiger partial charge in [-0.3, -0.25) is 4.79 Å². The van der Waals surface area contributed by atoms with Gasteiger partial charge in [-0.05, 0) is 37.1 Å². The van der Waals surface area contributed by atoms with Gasteiger partial charge >= 0.3 is 0 Å². The first-order chi connectivity index (χ1) is 12.2. The van der Waals surface area contributed by atoms with E-state index in [4.69, 9.17) is 9.47 Å². The second kappa shape index (κ2) is 7.83. The van der Waals surface area contributed by atoms with Crippen LogP contribution < -0.4 is 19.7 Å². The number of aromatic nitrogens is 2. The molecule has 2 aromatic rings. The minimum atomic E-state index is -0.123. The van der Waals surface area contributed by atoms with Crippen molar-refractivity contribution in [3.05, 3.63) is 42.2 Å². The summed E-state index contributed by atoms with van der Waals surface area (Å²) in [6.07, 6.45) is 5.37. The average molecular weight is 342 g/mol. The van der Waals surface area contributed by atoms with Crippen LogP contribution in [0.15, 0.2) is 36.7 Å². The van der Waals surface area contributed by atoms with Crippen LogP contribution in [0.25, 0.3) is 0 Å². The van der Waals surface area contributed by atoms with E-state index in [0.29, 0.717) is 29.6 Å². The fourth-order valence-corrected chi connectivity index (χ4v) is 2.98. The van der Waals surface area contributed by atoms with E-state index in [-0.39, 0.29) is 11.9 Å². The van der Waals surface area contributed by atoms with Crippen molar-refractivity contribution in [2.45, 2.75) is 18.9 Å². The Labute approximate surface area is 147 Å². The van der Waals surface area contributed by atoms with Gasteiger partial charge in [0.1, 0.15) is 0 Å². The fraction of sp³-hybridized carbons (Fsp3) is 0.389. The lowest BCUT2D eigenvalue weighted by Gasteiger charge is -2.33. The Morgan fingerprint density at radius 1 is 1.20 bits per heavy atom. The summed E-state index contributed by atoms with van der Waals surface area (Å²) in [5, 5.41) is 3.09. The number of anilines is 1. The molecule has 2 heterocycles. The van der Waals surface area contributed by atoms with Crippen molar-refractivity contribution in [2.75, 3.05) is 32.2 Å². The number of piperidine rings is 1. The number of rotatable bonds is 5. The molecule has 1 aliphatic rings. The molecule has 0 radical (unpaired) electrons. The Balaban J connectivity index is 1.66. The monoisotopic (exact) mass is 342 g/mol.